The molecule has 2 N–H and O–H groups in total. The number of nitrogens with one attached hydrogen (secondary N) is 2. The minimum absolute atomic E-state index is 0.00411. The van der Waals surface area contributed by atoms with Crippen molar-refractivity contribution in [2.24, 2.45) is 0 Å². The number of amides is 1. The van der Waals surface area contributed by atoms with Crippen LogP contribution in [0.3, 0.4) is 0 Å². The Bertz CT molecular complexity index is 747. The van der Waals surface area contributed by atoms with E-state index >= 15 is 0 Å². The van der Waals surface area contributed by atoms with Gasteiger partial charge >= 0.3 is 5.97 Å². The normalized spacial score (nSPS) is 10.0. The van der Waals surface area contributed by atoms with Crippen molar-refractivity contribution < 1.29 is 14.3 Å². The molecule has 8 nitrogen and oxygen atoms in total. The SMILES string of the molecule is COC(=O)c1ccccc1NC(=O)CSc1nncc(=O)[nH]1. The van der Waals surface area contributed by atoms with Crippen molar-refractivity contribution >= 4 is 29.3 Å². The van der Waals surface area contributed by atoms with E-state index in [-0.39, 0.29) is 22.4 Å². The first-order valence-corrected chi connectivity index (χ1v) is 7.10. The Morgan fingerprint density at radius 2 is 2.14 bits per heavy atom. The van der Waals surface area contributed by atoms with Crippen LogP contribution in [0, 0.1) is 0 Å². The van der Waals surface area contributed by atoms with Crippen molar-refractivity contribution in [3.05, 3.63) is 46.4 Å². The van der Waals surface area contributed by atoms with Crippen LogP contribution in [0.15, 0.2) is 40.4 Å². The van der Waals surface area contributed by atoms with Gasteiger partial charge in [-0.25, -0.2) is 4.79 Å². The van der Waals surface area contributed by atoms with Crippen molar-refractivity contribution in [3.8, 4) is 0 Å². The summed E-state index contributed by atoms with van der Waals surface area (Å²) in [6, 6.07) is 6.50. The molecule has 1 amide bonds. The number of H-pyrrole nitrogens is 1. The monoisotopic (exact) mass is 320 g/mol. The zero-order valence-corrected chi connectivity index (χ0v) is 12.3. The largest absolute Gasteiger partial charge is 0.465 e. The molecular formula is C13H12N4O4S. The Hall–Kier alpha value is -2.68. The molecule has 0 radical (unpaired) electrons. The number of methoxy groups -OCH3 is 1. The molecular weight excluding hydrogens is 308 g/mol. The first kappa shape index (κ1) is 15.7. The molecule has 0 saturated carbocycles. The standard InChI is InChI=1S/C13H12N4O4S/c1-21-12(20)8-4-2-3-5-9(8)15-11(19)7-22-13-16-10(18)6-14-17-13/h2-6H,7H2,1H3,(H,15,19)(H,16,17,18). The van der Waals surface area contributed by atoms with Gasteiger partial charge in [0.05, 0.1) is 24.1 Å². The number of aromatic nitrogens is 3. The minimum Gasteiger partial charge on any atom is -0.465 e. The number of thioether (sulfide) groups is 1. The van der Waals surface area contributed by atoms with Gasteiger partial charge in [-0.15, -0.1) is 5.10 Å². The van der Waals surface area contributed by atoms with Gasteiger partial charge in [-0.05, 0) is 12.1 Å². The maximum Gasteiger partial charge on any atom is 0.339 e. The third-order valence-corrected chi connectivity index (χ3v) is 3.36. The Kier molecular flexibility index (Phi) is 5.26. The Balaban J connectivity index is 2.01. The lowest BCUT2D eigenvalue weighted by Gasteiger charge is -2.09. The number of ether oxygens (including phenoxy) is 1. The first-order valence-electron chi connectivity index (χ1n) is 6.12. The van der Waals surface area contributed by atoms with E-state index in [1.54, 1.807) is 24.3 Å². The lowest BCUT2D eigenvalue weighted by atomic mass is 10.2. The number of hydrogen-bond donors (Lipinski definition) is 2. The van der Waals surface area contributed by atoms with Gasteiger partial charge in [-0.3, -0.25) is 14.6 Å². The zero-order valence-electron chi connectivity index (χ0n) is 11.5. The molecule has 0 aliphatic carbocycles. The lowest BCUT2D eigenvalue weighted by molar-refractivity contribution is -0.113. The van der Waals surface area contributed by atoms with Crippen LogP contribution in [0.2, 0.25) is 0 Å². The van der Waals surface area contributed by atoms with E-state index in [2.05, 4.69) is 25.2 Å². The highest BCUT2D eigenvalue weighted by Crippen LogP contribution is 2.17. The fourth-order valence-corrected chi connectivity index (χ4v) is 2.18. The molecule has 2 aromatic rings. The summed E-state index contributed by atoms with van der Waals surface area (Å²) in [7, 11) is 1.27. The quantitative estimate of drug-likeness (QED) is 0.615. The van der Waals surface area contributed by atoms with Gasteiger partial charge in [0.2, 0.25) is 5.91 Å². The third-order valence-electron chi connectivity index (χ3n) is 2.50. The van der Waals surface area contributed by atoms with Crippen LogP contribution in [-0.2, 0) is 9.53 Å². The van der Waals surface area contributed by atoms with Crippen LogP contribution in [0.5, 0.6) is 0 Å². The molecule has 0 spiro atoms. The maximum absolute atomic E-state index is 11.9. The molecule has 114 valence electrons. The summed E-state index contributed by atoms with van der Waals surface area (Å²) in [5.74, 6) is -0.890. The molecule has 1 aromatic carbocycles. The number of rotatable bonds is 5. The molecule has 9 heteroatoms. The van der Waals surface area contributed by atoms with Crippen LogP contribution < -0.4 is 10.9 Å². The van der Waals surface area contributed by atoms with Crippen LogP contribution in [-0.4, -0.2) is 39.9 Å². The Morgan fingerprint density at radius 1 is 1.36 bits per heavy atom. The topological polar surface area (TPSA) is 114 Å². The number of carbonyl (C=O) groups is 2. The third kappa shape index (κ3) is 4.16. The molecule has 0 unspecified atom stereocenters. The van der Waals surface area contributed by atoms with Gasteiger partial charge in [0, 0.05) is 0 Å². The van der Waals surface area contributed by atoms with Gasteiger partial charge in [0.25, 0.3) is 5.56 Å². The summed E-state index contributed by atoms with van der Waals surface area (Å²) in [4.78, 5) is 37.0. The van der Waals surface area contributed by atoms with Gasteiger partial charge in [-0.2, -0.15) is 5.10 Å². The molecule has 1 heterocycles. The average molecular weight is 320 g/mol. The predicted molar refractivity (Wildman–Crippen MR) is 79.8 cm³/mol. The van der Waals surface area contributed by atoms with Crippen molar-refractivity contribution in [2.75, 3.05) is 18.2 Å². The summed E-state index contributed by atoms with van der Waals surface area (Å²) >= 11 is 1.02. The summed E-state index contributed by atoms with van der Waals surface area (Å²) < 4.78 is 4.65. The Morgan fingerprint density at radius 3 is 2.86 bits per heavy atom. The fourth-order valence-electron chi connectivity index (χ4n) is 1.56. The van der Waals surface area contributed by atoms with Crippen LogP contribution in [0.4, 0.5) is 5.69 Å². The molecule has 0 atom stereocenters. The molecule has 0 aliphatic heterocycles. The van der Waals surface area contributed by atoms with Crippen molar-refractivity contribution in [1.29, 1.82) is 0 Å². The number of esters is 1. The van der Waals surface area contributed by atoms with E-state index in [9.17, 15) is 14.4 Å². The van der Waals surface area contributed by atoms with Gasteiger partial charge in [-0.1, -0.05) is 23.9 Å². The van der Waals surface area contributed by atoms with Crippen molar-refractivity contribution in [1.82, 2.24) is 15.2 Å². The van der Waals surface area contributed by atoms with Gasteiger partial charge in [0.1, 0.15) is 6.20 Å². The van der Waals surface area contributed by atoms with E-state index in [4.69, 9.17) is 0 Å². The number of nitrogens with zero attached hydrogens (tertiary/aromatic N) is 2. The minimum atomic E-state index is -0.540. The molecule has 0 saturated heterocycles. The lowest BCUT2D eigenvalue weighted by Crippen LogP contribution is -2.17. The van der Waals surface area contributed by atoms with E-state index in [0.717, 1.165) is 18.0 Å². The zero-order chi connectivity index (χ0) is 15.9. The highest BCUT2D eigenvalue weighted by atomic mass is 32.2. The molecule has 0 bridgehead atoms. The van der Waals surface area contributed by atoms with Crippen molar-refractivity contribution in [2.45, 2.75) is 5.16 Å². The highest BCUT2D eigenvalue weighted by molar-refractivity contribution is 7.99. The van der Waals surface area contributed by atoms with Crippen LogP contribution in [0.1, 0.15) is 10.4 Å². The van der Waals surface area contributed by atoms with Gasteiger partial charge in [0.15, 0.2) is 5.16 Å². The predicted octanol–water partition coefficient (Wildman–Crippen LogP) is 0.682. The maximum atomic E-state index is 11.9. The summed E-state index contributed by atoms with van der Waals surface area (Å²) in [6.45, 7) is 0. The number of aromatic amines is 1. The Labute approximate surface area is 129 Å². The van der Waals surface area contributed by atoms with Crippen LogP contribution in [0.25, 0.3) is 0 Å². The van der Waals surface area contributed by atoms with Crippen molar-refractivity contribution in [3.63, 3.8) is 0 Å². The molecule has 2 rings (SSSR count). The van der Waals surface area contributed by atoms with E-state index < -0.39 is 11.5 Å². The van der Waals surface area contributed by atoms with E-state index in [0.29, 0.717) is 5.69 Å². The second-order valence-electron chi connectivity index (χ2n) is 4.01. The summed E-state index contributed by atoms with van der Waals surface area (Å²) in [5.41, 5.74) is 0.220. The molecule has 0 aliphatic rings. The molecule has 0 fully saturated rings. The fraction of sp³-hybridized carbons (Fsp3) is 0.154. The molecule has 22 heavy (non-hydrogen) atoms. The molecule has 1 aromatic heterocycles. The number of benzene rings is 1. The second-order valence-corrected chi connectivity index (χ2v) is 4.98. The van der Waals surface area contributed by atoms with Gasteiger partial charge < -0.3 is 10.1 Å². The number of anilines is 1. The number of para-hydroxylation sites is 1. The first-order chi connectivity index (χ1) is 10.6. The second kappa shape index (κ2) is 7.36. The number of hydrogen-bond acceptors (Lipinski definition) is 7. The summed E-state index contributed by atoms with van der Waals surface area (Å²) in [6.07, 6.45) is 1.04. The smallest absolute Gasteiger partial charge is 0.339 e. The van der Waals surface area contributed by atoms with Crippen LogP contribution >= 0.6 is 11.8 Å². The average Bonchev–Trinajstić information content (AvgIpc) is 2.53. The summed E-state index contributed by atoms with van der Waals surface area (Å²) in [5, 5.41) is 10.0. The number of carbonyl (C=O) groups excluding carboxylic acids is 2. The van der Waals surface area contributed by atoms with E-state index in [1.807, 2.05) is 0 Å². The highest BCUT2D eigenvalue weighted by Gasteiger charge is 2.13. The van der Waals surface area contributed by atoms with E-state index in [1.165, 1.54) is 7.11 Å².